The van der Waals surface area contributed by atoms with Gasteiger partial charge in [-0.15, -0.1) is 0 Å². The smallest absolute Gasteiger partial charge is 0.266 e. The summed E-state index contributed by atoms with van der Waals surface area (Å²) in [6.45, 7) is 2.28. The number of hydrogen-bond donors (Lipinski definition) is 0. The number of hydrogen-bond acceptors (Lipinski definition) is 5. The van der Waals surface area contributed by atoms with Crippen molar-refractivity contribution in [3.8, 4) is 0 Å². The van der Waals surface area contributed by atoms with Gasteiger partial charge in [0.1, 0.15) is 0 Å². The molecule has 1 aromatic heterocycles. The molecule has 0 bridgehead atoms. The molecule has 0 radical (unpaired) electrons. The molecule has 0 spiro atoms. The molecule has 0 saturated carbocycles. The lowest BCUT2D eigenvalue weighted by Gasteiger charge is -2.33. The third kappa shape index (κ3) is 3.08. The Morgan fingerprint density at radius 2 is 1.59 bits per heavy atom. The van der Waals surface area contributed by atoms with Gasteiger partial charge in [0.15, 0.2) is 11.6 Å². The molecule has 0 atom stereocenters. The number of nitrogens with zero attached hydrogens (tertiary/aromatic N) is 5. The number of rotatable bonds is 2. The lowest BCUT2D eigenvalue weighted by molar-refractivity contribution is 0.0256. The topological polar surface area (TPSA) is 35.5 Å². The third-order valence-electron chi connectivity index (χ3n) is 4.06. The normalized spacial score (nSPS) is 22.4. The van der Waals surface area contributed by atoms with Crippen molar-refractivity contribution < 1.29 is 13.2 Å². The van der Waals surface area contributed by atoms with Crippen LogP contribution in [0.4, 0.5) is 24.8 Å². The fraction of sp³-hybridized carbons (Fsp3) is 0.692. The predicted octanol–water partition coefficient (Wildman–Crippen LogP) is 1.87. The molecule has 0 unspecified atom stereocenters. The van der Waals surface area contributed by atoms with Crippen LogP contribution in [-0.4, -0.2) is 67.1 Å². The quantitative estimate of drug-likeness (QED) is 0.771. The standard InChI is InChI=1S/C13H17ClF3N5/c1-20-4-6-21(7-5-20)10-9(15)11(19-12(14)18-10)22-3-2-13(16,17)8-22/h2-8H2,1H3. The Morgan fingerprint density at radius 1 is 1.00 bits per heavy atom. The van der Waals surface area contributed by atoms with Crippen molar-refractivity contribution in [1.82, 2.24) is 14.9 Å². The molecule has 3 rings (SSSR count). The van der Waals surface area contributed by atoms with E-state index in [1.54, 1.807) is 4.90 Å². The largest absolute Gasteiger partial charge is 0.351 e. The van der Waals surface area contributed by atoms with Gasteiger partial charge in [0, 0.05) is 39.1 Å². The van der Waals surface area contributed by atoms with Crippen LogP contribution in [0.5, 0.6) is 0 Å². The van der Waals surface area contributed by atoms with Crippen molar-refractivity contribution in [3.05, 3.63) is 11.1 Å². The minimum Gasteiger partial charge on any atom is -0.351 e. The van der Waals surface area contributed by atoms with Gasteiger partial charge >= 0.3 is 0 Å². The molecule has 9 heteroatoms. The summed E-state index contributed by atoms with van der Waals surface area (Å²) in [5.74, 6) is -3.53. The van der Waals surface area contributed by atoms with Gasteiger partial charge in [-0.3, -0.25) is 0 Å². The molecule has 2 aliphatic heterocycles. The van der Waals surface area contributed by atoms with E-state index in [0.717, 1.165) is 13.1 Å². The van der Waals surface area contributed by atoms with Gasteiger partial charge in [-0.1, -0.05) is 0 Å². The van der Waals surface area contributed by atoms with E-state index in [9.17, 15) is 13.2 Å². The monoisotopic (exact) mass is 335 g/mol. The zero-order chi connectivity index (χ0) is 15.9. The Kier molecular flexibility index (Phi) is 4.07. The van der Waals surface area contributed by atoms with E-state index >= 15 is 0 Å². The molecule has 2 saturated heterocycles. The van der Waals surface area contributed by atoms with Crippen molar-refractivity contribution in [2.24, 2.45) is 0 Å². The van der Waals surface area contributed by atoms with Crippen molar-refractivity contribution in [2.75, 3.05) is 56.1 Å². The highest BCUT2D eigenvalue weighted by molar-refractivity contribution is 6.28. The van der Waals surface area contributed by atoms with Crippen LogP contribution in [0.2, 0.25) is 5.28 Å². The first-order valence-corrected chi connectivity index (χ1v) is 7.53. The van der Waals surface area contributed by atoms with Crippen molar-refractivity contribution in [2.45, 2.75) is 12.3 Å². The Hall–Kier alpha value is -1.28. The van der Waals surface area contributed by atoms with Crippen LogP contribution in [0.15, 0.2) is 0 Å². The number of alkyl halides is 2. The molecule has 0 amide bonds. The van der Waals surface area contributed by atoms with Gasteiger partial charge in [-0.05, 0) is 18.6 Å². The summed E-state index contributed by atoms with van der Waals surface area (Å²) in [4.78, 5) is 12.9. The molecule has 0 N–H and O–H groups in total. The number of likely N-dealkylation sites (N-methyl/N-ethyl adjacent to an activating group) is 1. The van der Waals surface area contributed by atoms with E-state index in [1.165, 1.54) is 4.90 Å². The van der Waals surface area contributed by atoms with Crippen LogP contribution in [0.3, 0.4) is 0 Å². The summed E-state index contributed by atoms with van der Waals surface area (Å²) in [6.07, 6.45) is -0.308. The number of aromatic nitrogens is 2. The molecular weight excluding hydrogens is 319 g/mol. The van der Waals surface area contributed by atoms with Crippen LogP contribution >= 0.6 is 11.6 Å². The maximum absolute atomic E-state index is 14.7. The molecule has 22 heavy (non-hydrogen) atoms. The van der Waals surface area contributed by atoms with Crippen molar-refractivity contribution in [1.29, 1.82) is 0 Å². The SMILES string of the molecule is CN1CCN(c2nc(Cl)nc(N3CCC(F)(F)C3)c2F)CC1. The Morgan fingerprint density at radius 3 is 2.14 bits per heavy atom. The van der Waals surface area contributed by atoms with Gasteiger partial charge in [-0.2, -0.15) is 14.4 Å². The molecule has 0 aromatic carbocycles. The van der Waals surface area contributed by atoms with Crippen LogP contribution in [-0.2, 0) is 0 Å². The molecule has 3 heterocycles. The number of halogens is 4. The number of piperazine rings is 1. The minimum absolute atomic E-state index is 0.0550. The summed E-state index contributed by atoms with van der Waals surface area (Å²) < 4.78 is 41.4. The van der Waals surface area contributed by atoms with Gasteiger partial charge in [0.25, 0.3) is 5.92 Å². The Balaban J connectivity index is 1.89. The predicted molar refractivity (Wildman–Crippen MR) is 78.5 cm³/mol. The van der Waals surface area contributed by atoms with Crippen LogP contribution in [0.25, 0.3) is 0 Å². The summed E-state index contributed by atoms with van der Waals surface area (Å²) in [6, 6.07) is 0. The fourth-order valence-corrected chi connectivity index (χ4v) is 2.91. The average molecular weight is 336 g/mol. The fourth-order valence-electron chi connectivity index (χ4n) is 2.75. The van der Waals surface area contributed by atoms with Crippen LogP contribution < -0.4 is 9.80 Å². The highest BCUT2D eigenvalue weighted by atomic mass is 35.5. The zero-order valence-corrected chi connectivity index (χ0v) is 13.0. The summed E-state index contributed by atoms with van der Waals surface area (Å²) >= 11 is 5.88. The van der Waals surface area contributed by atoms with E-state index in [0.29, 0.717) is 13.1 Å². The summed E-state index contributed by atoms with van der Waals surface area (Å²) in [5, 5.41) is -0.124. The highest BCUT2D eigenvalue weighted by Gasteiger charge is 2.40. The zero-order valence-electron chi connectivity index (χ0n) is 12.2. The van der Waals surface area contributed by atoms with Gasteiger partial charge in [-0.25, -0.2) is 8.78 Å². The van der Waals surface area contributed by atoms with Crippen molar-refractivity contribution in [3.63, 3.8) is 0 Å². The first-order valence-electron chi connectivity index (χ1n) is 7.15. The molecule has 2 aliphatic rings. The third-order valence-corrected chi connectivity index (χ3v) is 4.23. The Labute approximate surface area is 131 Å². The second-order valence-electron chi connectivity index (χ2n) is 5.77. The van der Waals surface area contributed by atoms with Crippen LogP contribution in [0.1, 0.15) is 6.42 Å². The average Bonchev–Trinajstić information content (AvgIpc) is 2.82. The van der Waals surface area contributed by atoms with Gasteiger partial charge in [0.2, 0.25) is 11.1 Å². The number of anilines is 2. The summed E-state index contributed by atoms with van der Waals surface area (Å²) in [5.41, 5.74) is 0. The first kappa shape index (κ1) is 15.6. The van der Waals surface area contributed by atoms with E-state index in [-0.39, 0.29) is 29.9 Å². The summed E-state index contributed by atoms with van der Waals surface area (Å²) in [7, 11) is 1.98. The lowest BCUT2D eigenvalue weighted by atomic mass is 10.3. The maximum Gasteiger partial charge on any atom is 0.266 e. The molecule has 0 aliphatic carbocycles. The van der Waals surface area contributed by atoms with Gasteiger partial charge < -0.3 is 14.7 Å². The molecule has 122 valence electrons. The molecule has 2 fully saturated rings. The van der Waals surface area contributed by atoms with E-state index in [4.69, 9.17) is 11.6 Å². The van der Waals surface area contributed by atoms with Crippen molar-refractivity contribution >= 4 is 23.2 Å². The Bertz CT molecular complexity index is 563. The second kappa shape index (κ2) is 5.73. The van der Waals surface area contributed by atoms with Gasteiger partial charge in [0.05, 0.1) is 6.54 Å². The first-order chi connectivity index (χ1) is 10.4. The van der Waals surface area contributed by atoms with E-state index in [1.807, 2.05) is 7.05 Å². The molecule has 5 nitrogen and oxygen atoms in total. The van der Waals surface area contributed by atoms with E-state index < -0.39 is 18.3 Å². The highest BCUT2D eigenvalue weighted by Crippen LogP contribution is 2.34. The molecular formula is C13H17ClF3N5. The molecule has 1 aromatic rings. The lowest BCUT2D eigenvalue weighted by Crippen LogP contribution is -2.45. The van der Waals surface area contributed by atoms with Crippen LogP contribution in [0, 0.1) is 5.82 Å². The maximum atomic E-state index is 14.7. The second-order valence-corrected chi connectivity index (χ2v) is 6.11. The van der Waals surface area contributed by atoms with E-state index in [2.05, 4.69) is 14.9 Å². The minimum atomic E-state index is -2.82.